The Labute approximate surface area is 116 Å². The first-order valence-corrected chi connectivity index (χ1v) is 6.00. The zero-order chi connectivity index (χ0) is 14.7. The summed E-state index contributed by atoms with van der Waals surface area (Å²) in [7, 11) is 3.14. The van der Waals surface area contributed by atoms with Crippen LogP contribution >= 0.6 is 0 Å². The van der Waals surface area contributed by atoms with Gasteiger partial charge in [0.05, 0.1) is 19.6 Å². The molecule has 0 aliphatic carbocycles. The third-order valence-corrected chi connectivity index (χ3v) is 2.89. The maximum Gasteiger partial charge on any atom is 0.328 e. The van der Waals surface area contributed by atoms with Crippen molar-refractivity contribution in [3.63, 3.8) is 0 Å². The number of nitrogens with zero attached hydrogens (tertiary/aromatic N) is 1. The van der Waals surface area contributed by atoms with Crippen molar-refractivity contribution in [1.29, 1.82) is 0 Å². The highest BCUT2D eigenvalue weighted by Crippen LogP contribution is 2.34. The van der Waals surface area contributed by atoms with Crippen LogP contribution in [-0.2, 0) is 4.79 Å². The van der Waals surface area contributed by atoms with Gasteiger partial charge in [-0.25, -0.2) is 9.78 Å². The van der Waals surface area contributed by atoms with Gasteiger partial charge in [0.1, 0.15) is 17.0 Å². The van der Waals surface area contributed by atoms with E-state index in [1.54, 1.807) is 32.4 Å². The van der Waals surface area contributed by atoms with E-state index in [1.165, 1.54) is 6.08 Å². The molecule has 2 aromatic rings. The molecule has 0 unspecified atom stereocenters. The SMILES string of the molecule is COc1ccc(/C=C/C(=O)O)c2c(OC)cc(C)nc12. The summed E-state index contributed by atoms with van der Waals surface area (Å²) in [5.74, 6) is 0.249. The van der Waals surface area contributed by atoms with E-state index in [0.717, 1.165) is 17.2 Å². The average molecular weight is 273 g/mol. The molecule has 0 bridgehead atoms. The minimum atomic E-state index is -1.01. The Kier molecular flexibility index (Phi) is 3.89. The number of hydrogen-bond acceptors (Lipinski definition) is 4. The minimum Gasteiger partial charge on any atom is -0.496 e. The Hall–Kier alpha value is -2.56. The second-order valence-corrected chi connectivity index (χ2v) is 4.22. The molecule has 1 N–H and O–H groups in total. The van der Waals surface area contributed by atoms with Crippen LogP contribution in [0.25, 0.3) is 17.0 Å². The number of carbonyl (C=O) groups is 1. The van der Waals surface area contributed by atoms with Gasteiger partial charge in [-0.1, -0.05) is 6.07 Å². The Morgan fingerprint density at radius 3 is 2.55 bits per heavy atom. The molecule has 0 saturated heterocycles. The second kappa shape index (κ2) is 5.61. The van der Waals surface area contributed by atoms with Gasteiger partial charge >= 0.3 is 5.97 Å². The number of fused-ring (bicyclic) bond motifs is 1. The number of pyridine rings is 1. The highest BCUT2D eigenvalue weighted by atomic mass is 16.5. The molecule has 0 spiro atoms. The molecule has 0 fully saturated rings. The third kappa shape index (κ3) is 2.56. The number of ether oxygens (including phenoxy) is 2. The minimum absolute atomic E-state index is 0.620. The quantitative estimate of drug-likeness (QED) is 0.867. The fourth-order valence-electron chi connectivity index (χ4n) is 2.05. The van der Waals surface area contributed by atoms with E-state index in [4.69, 9.17) is 14.6 Å². The Bertz CT molecular complexity index is 692. The summed E-state index contributed by atoms with van der Waals surface area (Å²) < 4.78 is 10.7. The molecule has 5 nitrogen and oxygen atoms in total. The molecular formula is C15H15NO4. The first-order chi connectivity index (χ1) is 9.56. The van der Waals surface area contributed by atoms with Gasteiger partial charge in [0.25, 0.3) is 0 Å². The van der Waals surface area contributed by atoms with Gasteiger partial charge in [0.2, 0.25) is 0 Å². The largest absolute Gasteiger partial charge is 0.496 e. The molecule has 1 aromatic heterocycles. The lowest BCUT2D eigenvalue weighted by atomic mass is 10.1. The molecule has 1 heterocycles. The standard InChI is InChI=1S/C15H15NO4/c1-9-8-12(20-3)14-10(5-7-13(17)18)4-6-11(19-2)15(14)16-9/h4-8H,1-3H3,(H,17,18)/b7-5+. The molecule has 5 heteroatoms. The molecular weight excluding hydrogens is 258 g/mol. The number of aromatic nitrogens is 1. The maximum absolute atomic E-state index is 10.7. The highest BCUT2D eigenvalue weighted by molar-refractivity contribution is 5.99. The molecule has 104 valence electrons. The van der Waals surface area contributed by atoms with Crippen molar-refractivity contribution in [3.05, 3.63) is 35.5 Å². The number of rotatable bonds is 4. The molecule has 0 radical (unpaired) electrons. The molecule has 0 aliphatic rings. The summed E-state index contributed by atoms with van der Waals surface area (Å²) in [5.41, 5.74) is 2.16. The lowest BCUT2D eigenvalue weighted by Crippen LogP contribution is -1.96. The molecule has 0 saturated carbocycles. The number of carboxylic acids is 1. The molecule has 0 amide bonds. The predicted molar refractivity (Wildman–Crippen MR) is 76.3 cm³/mol. The van der Waals surface area contributed by atoms with E-state index in [0.29, 0.717) is 22.6 Å². The van der Waals surface area contributed by atoms with Crippen molar-refractivity contribution in [1.82, 2.24) is 4.98 Å². The summed E-state index contributed by atoms with van der Waals surface area (Å²) in [6.07, 6.45) is 2.60. The fraction of sp³-hybridized carbons (Fsp3) is 0.200. The Morgan fingerprint density at radius 2 is 1.95 bits per heavy atom. The van der Waals surface area contributed by atoms with Crippen LogP contribution in [0.1, 0.15) is 11.3 Å². The van der Waals surface area contributed by atoms with Gasteiger partial charge in [-0.3, -0.25) is 0 Å². The van der Waals surface area contributed by atoms with Crippen molar-refractivity contribution in [2.24, 2.45) is 0 Å². The summed E-state index contributed by atoms with van der Waals surface area (Å²) in [5, 5.41) is 9.49. The highest BCUT2D eigenvalue weighted by Gasteiger charge is 2.12. The number of aryl methyl sites for hydroxylation is 1. The van der Waals surface area contributed by atoms with Crippen LogP contribution in [0, 0.1) is 6.92 Å². The number of aliphatic carboxylic acids is 1. The van der Waals surface area contributed by atoms with E-state index in [-0.39, 0.29) is 0 Å². The van der Waals surface area contributed by atoms with E-state index < -0.39 is 5.97 Å². The van der Waals surface area contributed by atoms with Crippen molar-refractivity contribution in [2.45, 2.75) is 6.92 Å². The Morgan fingerprint density at radius 1 is 1.25 bits per heavy atom. The van der Waals surface area contributed by atoms with Gasteiger partial charge < -0.3 is 14.6 Å². The zero-order valence-electron chi connectivity index (χ0n) is 11.5. The lowest BCUT2D eigenvalue weighted by Gasteiger charge is -2.12. The van der Waals surface area contributed by atoms with Crippen molar-refractivity contribution < 1.29 is 19.4 Å². The predicted octanol–water partition coefficient (Wildman–Crippen LogP) is 2.66. The van der Waals surface area contributed by atoms with Crippen LogP contribution in [0.4, 0.5) is 0 Å². The smallest absolute Gasteiger partial charge is 0.328 e. The number of benzene rings is 1. The summed E-state index contributed by atoms with van der Waals surface area (Å²) >= 11 is 0. The topological polar surface area (TPSA) is 68.7 Å². The van der Waals surface area contributed by atoms with E-state index in [2.05, 4.69) is 4.98 Å². The van der Waals surface area contributed by atoms with Crippen LogP contribution < -0.4 is 9.47 Å². The van der Waals surface area contributed by atoms with Gasteiger partial charge in [-0.05, 0) is 24.6 Å². The summed E-state index contributed by atoms with van der Waals surface area (Å²) in [4.78, 5) is 15.1. The van der Waals surface area contributed by atoms with E-state index in [1.807, 2.05) is 6.92 Å². The third-order valence-electron chi connectivity index (χ3n) is 2.89. The first kappa shape index (κ1) is 13.9. The van der Waals surface area contributed by atoms with E-state index >= 15 is 0 Å². The average Bonchev–Trinajstić information content (AvgIpc) is 2.43. The van der Waals surface area contributed by atoms with Crippen LogP contribution in [0.2, 0.25) is 0 Å². The van der Waals surface area contributed by atoms with Crippen LogP contribution in [0.3, 0.4) is 0 Å². The van der Waals surface area contributed by atoms with Crippen LogP contribution in [0.15, 0.2) is 24.3 Å². The van der Waals surface area contributed by atoms with Gasteiger partial charge in [0, 0.05) is 17.8 Å². The lowest BCUT2D eigenvalue weighted by molar-refractivity contribution is -0.131. The van der Waals surface area contributed by atoms with Crippen LogP contribution in [0.5, 0.6) is 11.5 Å². The van der Waals surface area contributed by atoms with Gasteiger partial charge in [0.15, 0.2) is 0 Å². The van der Waals surface area contributed by atoms with Crippen molar-refractivity contribution in [3.8, 4) is 11.5 Å². The number of methoxy groups -OCH3 is 2. The maximum atomic E-state index is 10.7. The van der Waals surface area contributed by atoms with E-state index in [9.17, 15) is 4.79 Å². The monoisotopic (exact) mass is 273 g/mol. The molecule has 20 heavy (non-hydrogen) atoms. The molecule has 0 atom stereocenters. The number of hydrogen-bond donors (Lipinski definition) is 1. The molecule has 0 aliphatic heterocycles. The first-order valence-electron chi connectivity index (χ1n) is 6.00. The summed E-state index contributed by atoms with van der Waals surface area (Å²) in [6.45, 7) is 1.86. The van der Waals surface area contributed by atoms with Gasteiger partial charge in [-0.2, -0.15) is 0 Å². The number of carboxylic acid groups (broad SMARTS) is 1. The molecule has 2 rings (SSSR count). The Balaban J connectivity index is 2.80. The summed E-state index contributed by atoms with van der Waals surface area (Å²) in [6, 6.07) is 5.34. The normalized spacial score (nSPS) is 10.9. The van der Waals surface area contributed by atoms with Gasteiger partial charge in [-0.15, -0.1) is 0 Å². The zero-order valence-corrected chi connectivity index (χ0v) is 11.5. The van der Waals surface area contributed by atoms with Crippen molar-refractivity contribution >= 4 is 22.9 Å². The second-order valence-electron chi connectivity index (χ2n) is 4.22. The van der Waals surface area contributed by atoms with Crippen molar-refractivity contribution in [2.75, 3.05) is 14.2 Å². The molecule has 1 aromatic carbocycles. The van der Waals surface area contributed by atoms with Crippen LogP contribution in [-0.4, -0.2) is 30.3 Å². The fourth-order valence-corrected chi connectivity index (χ4v) is 2.05.